The Labute approximate surface area is 192 Å². The number of ether oxygens (including phenoxy) is 1. The van der Waals surface area contributed by atoms with Crippen LogP contribution in [0.3, 0.4) is 0 Å². The van der Waals surface area contributed by atoms with E-state index in [2.05, 4.69) is 30.7 Å². The molecule has 3 aromatic rings. The molecule has 3 rings (SSSR count). The summed E-state index contributed by atoms with van der Waals surface area (Å²) >= 11 is 0. The van der Waals surface area contributed by atoms with Crippen LogP contribution in [0.4, 0.5) is 0 Å². The van der Waals surface area contributed by atoms with Gasteiger partial charge in [-0.3, -0.25) is 0 Å². The number of esters is 1. The normalized spacial score (nSPS) is 11.8. The van der Waals surface area contributed by atoms with Crippen molar-refractivity contribution in [2.24, 2.45) is 5.92 Å². The summed E-state index contributed by atoms with van der Waals surface area (Å²) in [7, 11) is 0. The van der Waals surface area contributed by atoms with Gasteiger partial charge in [-0.25, -0.2) is 14.8 Å². The van der Waals surface area contributed by atoms with E-state index in [0.717, 1.165) is 24.8 Å². The van der Waals surface area contributed by atoms with Crippen LogP contribution in [0, 0.1) is 5.92 Å². The van der Waals surface area contributed by atoms with E-state index in [1.165, 1.54) is 36.8 Å². The number of aromatic nitrogens is 2. The van der Waals surface area contributed by atoms with E-state index in [1.54, 1.807) is 12.1 Å². The molecule has 0 amide bonds. The number of benzene rings is 2. The van der Waals surface area contributed by atoms with E-state index in [1.807, 2.05) is 48.8 Å². The van der Waals surface area contributed by atoms with Crippen molar-refractivity contribution in [2.45, 2.75) is 65.7 Å². The lowest BCUT2D eigenvalue weighted by Crippen LogP contribution is -2.08. The quantitative estimate of drug-likeness (QED) is 0.185. The van der Waals surface area contributed by atoms with E-state index < -0.39 is 0 Å². The van der Waals surface area contributed by atoms with Crippen LogP contribution in [0.5, 0.6) is 5.75 Å². The fourth-order valence-electron chi connectivity index (χ4n) is 3.55. The zero-order chi connectivity index (χ0) is 22.8. The number of aryl methyl sites for hydroxylation is 1. The van der Waals surface area contributed by atoms with Crippen molar-refractivity contribution in [2.75, 3.05) is 0 Å². The van der Waals surface area contributed by atoms with Gasteiger partial charge in [-0.1, -0.05) is 70.7 Å². The van der Waals surface area contributed by atoms with Crippen LogP contribution in [-0.2, 0) is 12.8 Å². The highest BCUT2D eigenvalue weighted by molar-refractivity contribution is 5.91. The van der Waals surface area contributed by atoms with E-state index in [4.69, 9.17) is 4.74 Å². The molecule has 0 aliphatic rings. The van der Waals surface area contributed by atoms with Gasteiger partial charge < -0.3 is 4.74 Å². The lowest BCUT2D eigenvalue weighted by atomic mass is 9.99. The number of hydrogen-bond acceptors (Lipinski definition) is 4. The third-order valence-corrected chi connectivity index (χ3v) is 5.82. The fourth-order valence-corrected chi connectivity index (χ4v) is 3.55. The second-order valence-corrected chi connectivity index (χ2v) is 8.55. The lowest BCUT2D eigenvalue weighted by Gasteiger charge is -2.09. The van der Waals surface area contributed by atoms with E-state index in [-0.39, 0.29) is 5.97 Å². The maximum Gasteiger partial charge on any atom is 0.343 e. The zero-order valence-electron chi connectivity index (χ0n) is 19.5. The molecular formula is C28H34N2O2. The van der Waals surface area contributed by atoms with Gasteiger partial charge in [-0.05, 0) is 60.6 Å². The molecule has 0 fully saturated rings. The Balaban J connectivity index is 1.56. The van der Waals surface area contributed by atoms with Crippen molar-refractivity contribution in [3.63, 3.8) is 0 Å². The molecular weight excluding hydrogens is 396 g/mol. The number of unbranched alkanes of at least 4 members (excludes halogenated alkanes) is 3. The summed E-state index contributed by atoms with van der Waals surface area (Å²) in [5.41, 5.74) is 3.81. The topological polar surface area (TPSA) is 52.1 Å². The molecule has 0 bridgehead atoms. The molecule has 2 aromatic carbocycles. The van der Waals surface area contributed by atoms with Gasteiger partial charge in [0.05, 0.1) is 5.56 Å². The van der Waals surface area contributed by atoms with Crippen molar-refractivity contribution < 1.29 is 9.53 Å². The van der Waals surface area contributed by atoms with Gasteiger partial charge in [-0.15, -0.1) is 0 Å². The smallest absolute Gasteiger partial charge is 0.343 e. The van der Waals surface area contributed by atoms with Crippen molar-refractivity contribution >= 4 is 5.97 Å². The first-order valence-corrected chi connectivity index (χ1v) is 11.8. The van der Waals surface area contributed by atoms with Crippen molar-refractivity contribution in [1.82, 2.24) is 9.97 Å². The second-order valence-electron chi connectivity index (χ2n) is 8.55. The Morgan fingerprint density at radius 1 is 0.875 bits per heavy atom. The van der Waals surface area contributed by atoms with Gasteiger partial charge in [0, 0.05) is 18.0 Å². The Kier molecular flexibility index (Phi) is 8.97. The van der Waals surface area contributed by atoms with Gasteiger partial charge in [0.25, 0.3) is 0 Å². The Hall–Kier alpha value is -3.01. The lowest BCUT2D eigenvalue weighted by molar-refractivity contribution is 0.0734. The molecule has 1 heterocycles. The Morgan fingerprint density at radius 2 is 1.56 bits per heavy atom. The fraction of sp³-hybridized carbons (Fsp3) is 0.393. The van der Waals surface area contributed by atoms with E-state index in [0.29, 0.717) is 23.1 Å². The summed E-state index contributed by atoms with van der Waals surface area (Å²) in [5.74, 6) is 1.51. The maximum atomic E-state index is 12.5. The standard InChI is InChI=1S/C28H34N2O2/c1-4-6-7-8-9-23-19-29-27(30-20-23)24-12-14-25(15-13-24)28(31)32-26-16-10-22(11-17-26)18-21(3)5-2/h10-17,19-21H,4-9,18H2,1-3H3/t21-/m0/s1. The number of carbonyl (C=O) groups is 1. The molecule has 4 heteroatoms. The largest absolute Gasteiger partial charge is 0.423 e. The summed E-state index contributed by atoms with van der Waals surface area (Å²) in [5, 5.41) is 0. The number of rotatable bonds is 11. The molecule has 0 radical (unpaired) electrons. The number of carbonyl (C=O) groups excluding carboxylic acids is 1. The number of hydrogen-bond donors (Lipinski definition) is 0. The first-order valence-electron chi connectivity index (χ1n) is 11.8. The maximum absolute atomic E-state index is 12.5. The Morgan fingerprint density at radius 3 is 2.19 bits per heavy atom. The van der Waals surface area contributed by atoms with Gasteiger partial charge in [0.2, 0.25) is 0 Å². The van der Waals surface area contributed by atoms with Crippen LogP contribution in [0.2, 0.25) is 0 Å². The highest BCUT2D eigenvalue weighted by Gasteiger charge is 2.10. The Bertz CT molecular complexity index is 964. The molecule has 0 saturated heterocycles. The van der Waals surface area contributed by atoms with Crippen LogP contribution in [-0.4, -0.2) is 15.9 Å². The second kappa shape index (κ2) is 12.1. The first-order chi connectivity index (χ1) is 15.6. The van der Waals surface area contributed by atoms with E-state index >= 15 is 0 Å². The van der Waals surface area contributed by atoms with Crippen LogP contribution < -0.4 is 4.74 Å². The highest BCUT2D eigenvalue weighted by atomic mass is 16.5. The van der Waals surface area contributed by atoms with Crippen molar-refractivity contribution in [1.29, 1.82) is 0 Å². The average Bonchev–Trinajstić information content (AvgIpc) is 2.83. The molecule has 0 unspecified atom stereocenters. The molecule has 0 N–H and O–H groups in total. The predicted molar refractivity (Wildman–Crippen MR) is 130 cm³/mol. The van der Waals surface area contributed by atoms with Gasteiger partial charge in [0.1, 0.15) is 5.75 Å². The van der Waals surface area contributed by atoms with Crippen LogP contribution >= 0.6 is 0 Å². The van der Waals surface area contributed by atoms with Gasteiger partial charge >= 0.3 is 5.97 Å². The zero-order valence-corrected chi connectivity index (χ0v) is 19.5. The van der Waals surface area contributed by atoms with Gasteiger partial charge in [0.15, 0.2) is 5.82 Å². The SMILES string of the molecule is CCCCCCc1cnc(-c2ccc(C(=O)Oc3ccc(C[C@@H](C)CC)cc3)cc2)nc1. The molecule has 1 atom stereocenters. The predicted octanol–water partition coefficient (Wildman–Crippen LogP) is 7.07. The van der Waals surface area contributed by atoms with Crippen LogP contribution in [0.25, 0.3) is 11.4 Å². The third-order valence-electron chi connectivity index (χ3n) is 5.82. The summed E-state index contributed by atoms with van der Waals surface area (Å²) < 4.78 is 5.53. The van der Waals surface area contributed by atoms with Crippen LogP contribution in [0.1, 0.15) is 74.4 Å². The summed E-state index contributed by atoms with van der Waals surface area (Å²) in [6, 6.07) is 15.0. The molecule has 32 heavy (non-hydrogen) atoms. The average molecular weight is 431 g/mol. The highest BCUT2D eigenvalue weighted by Crippen LogP contribution is 2.20. The monoisotopic (exact) mass is 430 g/mol. The number of nitrogens with zero attached hydrogens (tertiary/aromatic N) is 2. The molecule has 168 valence electrons. The molecule has 0 aliphatic carbocycles. The van der Waals surface area contributed by atoms with Crippen molar-refractivity contribution in [3.05, 3.63) is 77.6 Å². The van der Waals surface area contributed by atoms with Gasteiger partial charge in [-0.2, -0.15) is 0 Å². The van der Waals surface area contributed by atoms with Crippen molar-refractivity contribution in [3.8, 4) is 17.1 Å². The van der Waals surface area contributed by atoms with Crippen LogP contribution in [0.15, 0.2) is 60.9 Å². The molecule has 4 nitrogen and oxygen atoms in total. The minimum atomic E-state index is -0.366. The third kappa shape index (κ3) is 7.01. The first kappa shape index (κ1) is 23.6. The summed E-state index contributed by atoms with van der Waals surface area (Å²) in [4.78, 5) is 21.5. The molecule has 0 spiro atoms. The summed E-state index contributed by atoms with van der Waals surface area (Å²) in [6.45, 7) is 6.66. The molecule has 1 aromatic heterocycles. The minimum absolute atomic E-state index is 0.366. The minimum Gasteiger partial charge on any atom is -0.423 e. The molecule has 0 saturated carbocycles. The van der Waals surface area contributed by atoms with E-state index in [9.17, 15) is 4.79 Å². The molecule has 0 aliphatic heterocycles. The summed E-state index contributed by atoms with van der Waals surface area (Å²) in [6.07, 6.45) is 12.0.